The molecule has 1 aliphatic rings. The lowest BCUT2D eigenvalue weighted by Gasteiger charge is -2.29. The smallest absolute Gasteiger partial charge is 0.310 e. The van der Waals surface area contributed by atoms with E-state index < -0.39 is 0 Å². The van der Waals surface area contributed by atoms with Gasteiger partial charge >= 0.3 is 5.97 Å². The van der Waals surface area contributed by atoms with Crippen LogP contribution in [0.2, 0.25) is 0 Å². The van der Waals surface area contributed by atoms with E-state index in [1.165, 1.54) is 0 Å². The number of rotatable bonds is 4. The fourth-order valence-corrected chi connectivity index (χ4v) is 1.90. The van der Waals surface area contributed by atoms with E-state index in [1.54, 1.807) is 0 Å². The van der Waals surface area contributed by atoms with Crippen LogP contribution in [0.1, 0.15) is 19.8 Å². The first kappa shape index (κ1) is 12.0. The van der Waals surface area contributed by atoms with E-state index in [1.807, 2.05) is 6.92 Å². The normalized spacial score (nSPS) is 22.0. The van der Waals surface area contributed by atoms with Crippen LogP contribution in [0.3, 0.4) is 0 Å². The number of carbonyl (C=O) groups excluding carboxylic acids is 1. The summed E-state index contributed by atoms with van der Waals surface area (Å²) in [5.74, 6) is -0.0607. The van der Waals surface area contributed by atoms with Crippen molar-refractivity contribution in [3.05, 3.63) is 11.4 Å². The number of hydrogen-bond acceptors (Lipinski definition) is 3. The van der Waals surface area contributed by atoms with E-state index >= 15 is 0 Å². The van der Waals surface area contributed by atoms with Crippen molar-refractivity contribution in [1.82, 2.24) is 4.90 Å². The fourth-order valence-electron chi connectivity index (χ4n) is 1.90. The number of likely N-dealkylation sites (tertiary alicyclic amines) is 1. The summed E-state index contributed by atoms with van der Waals surface area (Å²) in [4.78, 5) is 17.0. The third-order valence-electron chi connectivity index (χ3n) is 2.65. The SMILES string of the molecule is [C-]#[N+]CCN1CCCC(C(=O)OCC)C1. The molecule has 0 bridgehead atoms. The van der Waals surface area contributed by atoms with Crippen LogP contribution < -0.4 is 0 Å². The molecule has 0 aromatic carbocycles. The first-order valence-electron chi connectivity index (χ1n) is 5.50. The molecule has 0 N–H and O–H groups in total. The number of carbonyl (C=O) groups is 1. The Bertz CT molecular complexity index is 247. The van der Waals surface area contributed by atoms with Gasteiger partial charge in [0.2, 0.25) is 6.54 Å². The molecule has 1 unspecified atom stereocenters. The van der Waals surface area contributed by atoms with Crippen LogP contribution in [0, 0.1) is 12.5 Å². The van der Waals surface area contributed by atoms with Crippen molar-refractivity contribution in [1.29, 1.82) is 0 Å². The van der Waals surface area contributed by atoms with Gasteiger partial charge in [-0.05, 0) is 26.3 Å². The number of nitrogens with zero attached hydrogens (tertiary/aromatic N) is 2. The number of esters is 1. The third kappa shape index (κ3) is 3.88. The lowest BCUT2D eigenvalue weighted by molar-refractivity contribution is -0.149. The van der Waals surface area contributed by atoms with Gasteiger partial charge in [-0.15, -0.1) is 0 Å². The Morgan fingerprint density at radius 2 is 2.47 bits per heavy atom. The zero-order chi connectivity index (χ0) is 11.1. The largest absolute Gasteiger partial charge is 0.466 e. The maximum Gasteiger partial charge on any atom is 0.310 e. The molecule has 1 atom stereocenters. The molecule has 15 heavy (non-hydrogen) atoms. The van der Waals surface area contributed by atoms with E-state index in [2.05, 4.69) is 9.74 Å². The van der Waals surface area contributed by atoms with Gasteiger partial charge in [-0.3, -0.25) is 9.69 Å². The molecule has 0 saturated carbocycles. The standard InChI is InChI=1S/C11H18N2O2/c1-3-15-11(14)10-5-4-7-13(9-10)8-6-12-2/h10H,3-9H2,1H3. The molecule has 0 radical (unpaired) electrons. The molecule has 1 rings (SSSR count). The Morgan fingerprint density at radius 3 is 3.13 bits per heavy atom. The molecule has 0 spiro atoms. The Kier molecular flexibility index (Phi) is 5.13. The van der Waals surface area contributed by atoms with Gasteiger partial charge in [-0.1, -0.05) is 0 Å². The van der Waals surface area contributed by atoms with Crippen LogP contribution in [-0.2, 0) is 9.53 Å². The molecule has 4 nitrogen and oxygen atoms in total. The van der Waals surface area contributed by atoms with Gasteiger partial charge in [-0.25, -0.2) is 6.57 Å². The van der Waals surface area contributed by atoms with Crippen molar-refractivity contribution in [3.8, 4) is 0 Å². The Hall–Kier alpha value is -1.08. The van der Waals surface area contributed by atoms with Crippen molar-refractivity contribution in [2.75, 3.05) is 32.8 Å². The second-order valence-corrected chi connectivity index (χ2v) is 3.77. The maximum atomic E-state index is 11.5. The van der Waals surface area contributed by atoms with Crippen molar-refractivity contribution in [2.24, 2.45) is 5.92 Å². The average Bonchev–Trinajstić information content (AvgIpc) is 2.27. The lowest BCUT2D eigenvalue weighted by atomic mass is 9.98. The maximum absolute atomic E-state index is 11.5. The first-order valence-corrected chi connectivity index (χ1v) is 5.50. The first-order chi connectivity index (χ1) is 7.27. The minimum absolute atomic E-state index is 0.0180. The molecule has 0 aromatic rings. The van der Waals surface area contributed by atoms with E-state index in [0.717, 1.165) is 32.5 Å². The van der Waals surface area contributed by atoms with Gasteiger partial charge < -0.3 is 9.58 Å². The highest BCUT2D eigenvalue weighted by atomic mass is 16.5. The zero-order valence-corrected chi connectivity index (χ0v) is 9.24. The summed E-state index contributed by atoms with van der Waals surface area (Å²) in [6.07, 6.45) is 1.95. The summed E-state index contributed by atoms with van der Waals surface area (Å²) in [5.41, 5.74) is 0. The Morgan fingerprint density at radius 1 is 1.67 bits per heavy atom. The molecular formula is C11H18N2O2. The molecule has 1 aliphatic heterocycles. The number of ether oxygens (including phenoxy) is 1. The Balaban J connectivity index is 2.35. The van der Waals surface area contributed by atoms with E-state index in [0.29, 0.717) is 13.2 Å². The van der Waals surface area contributed by atoms with Gasteiger partial charge in [0, 0.05) is 6.54 Å². The van der Waals surface area contributed by atoms with E-state index in [4.69, 9.17) is 11.3 Å². The molecule has 0 aliphatic carbocycles. The number of hydrogen-bond donors (Lipinski definition) is 0. The van der Waals surface area contributed by atoms with Gasteiger partial charge in [0.1, 0.15) is 0 Å². The van der Waals surface area contributed by atoms with Gasteiger partial charge in [0.05, 0.1) is 19.1 Å². The van der Waals surface area contributed by atoms with Crippen LogP contribution in [0.5, 0.6) is 0 Å². The second kappa shape index (κ2) is 6.41. The highest BCUT2D eigenvalue weighted by molar-refractivity contribution is 5.72. The van der Waals surface area contributed by atoms with Crippen LogP contribution in [-0.4, -0.2) is 43.7 Å². The predicted molar refractivity (Wildman–Crippen MR) is 57.3 cm³/mol. The minimum Gasteiger partial charge on any atom is -0.466 e. The van der Waals surface area contributed by atoms with Crippen molar-refractivity contribution in [2.45, 2.75) is 19.8 Å². The van der Waals surface area contributed by atoms with Crippen LogP contribution >= 0.6 is 0 Å². The predicted octanol–water partition coefficient (Wildman–Crippen LogP) is 1.18. The lowest BCUT2D eigenvalue weighted by Crippen LogP contribution is -2.40. The highest BCUT2D eigenvalue weighted by Crippen LogP contribution is 2.17. The van der Waals surface area contributed by atoms with Gasteiger partial charge in [-0.2, -0.15) is 0 Å². The molecular weight excluding hydrogens is 192 g/mol. The molecule has 4 heteroatoms. The molecule has 0 amide bonds. The summed E-state index contributed by atoms with van der Waals surface area (Å²) in [6.45, 7) is 12.1. The molecule has 84 valence electrons. The van der Waals surface area contributed by atoms with Crippen molar-refractivity contribution >= 4 is 5.97 Å². The Labute approximate surface area is 91.0 Å². The minimum atomic E-state index is -0.0787. The van der Waals surface area contributed by atoms with E-state index in [9.17, 15) is 4.79 Å². The molecule has 1 fully saturated rings. The molecule has 0 aromatic heterocycles. The molecule has 1 heterocycles. The van der Waals surface area contributed by atoms with Crippen molar-refractivity contribution < 1.29 is 9.53 Å². The summed E-state index contributed by atoms with van der Waals surface area (Å²) in [5, 5.41) is 0. The van der Waals surface area contributed by atoms with Crippen LogP contribution in [0.15, 0.2) is 0 Å². The summed E-state index contributed by atoms with van der Waals surface area (Å²) >= 11 is 0. The third-order valence-corrected chi connectivity index (χ3v) is 2.65. The summed E-state index contributed by atoms with van der Waals surface area (Å²) in [7, 11) is 0. The topological polar surface area (TPSA) is 33.9 Å². The number of piperidine rings is 1. The highest BCUT2D eigenvalue weighted by Gasteiger charge is 2.26. The molecule has 1 saturated heterocycles. The fraction of sp³-hybridized carbons (Fsp3) is 0.818. The van der Waals surface area contributed by atoms with Crippen LogP contribution in [0.4, 0.5) is 0 Å². The quantitative estimate of drug-likeness (QED) is 0.516. The van der Waals surface area contributed by atoms with Gasteiger partial charge in [0.25, 0.3) is 0 Å². The second-order valence-electron chi connectivity index (χ2n) is 3.77. The van der Waals surface area contributed by atoms with Crippen molar-refractivity contribution in [3.63, 3.8) is 0 Å². The zero-order valence-electron chi connectivity index (χ0n) is 9.24. The van der Waals surface area contributed by atoms with Crippen LogP contribution in [0.25, 0.3) is 4.85 Å². The monoisotopic (exact) mass is 210 g/mol. The average molecular weight is 210 g/mol. The summed E-state index contributed by atoms with van der Waals surface area (Å²) in [6, 6.07) is 0. The summed E-state index contributed by atoms with van der Waals surface area (Å²) < 4.78 is 5.01. The van der Waals surface area contributed by atoms with Gasteiger partial charge in [0.15, 0.2) is 0 Å². The van der Waals surface area contributed by atoms with E-state index in [-0.39, 0.29) is 11.9 Å².